The Morgan fingerprint density at radius 3 is 1.83 bits per heavy atom. The van der Waals surface area contributed by atoms with Crippen molar-refractivity contribution in [1.29, 1.82) is 0 Å². The molecule has 4 aromatic carbocycles. The Balaban J connectivity index is 2.12. The van der Waals surface area contributed by atoms with Crippen molar-refractivity contribution in [2.75, 3.05) is 14.2 Å². The predicted octanol–water partition coefficient (Wildman–Crippen LogP) is 7.23. The maximum absolute atomic E-state index is 14.7. The van der Waals surface area contributed by atoms with Crippen LogP contribution in [-0.2, 0) is 0 Å². The Morgan fingerprint density at radius 1 is 0.655 bits per heavy atom. The number of hydrogen-bond donors (Lipinski definition) is 0. The van der Waals surface area contributed by atoms with Crippen molar-refractivity contribution in [2.24, 2.45) is 0 Å². The van der Waals surface area contributed by atoms with Crippen LogP contribution in [0.5, 0.6) is 11.5 Å². The second-order valence-corrected chi connectivity index (χ2v) is 7.32. The number of rotatable bonds is 4. The number of ether oxygens (including phenoxy) is 2. The van der Waals surface area contributed by atoms with Gasteiger partial charge in [-0.1, -0.05) is 42.5 Å². The summed E-state index contributed by atoms with van der Waals surface area (Å²) in [7, 11) is 3.08. The highest BCUT2D eigenvalue weighted by Crippen LogP contribution is 2.48. The van der Waals surface area contributed by atoms with Crippen LogP contribution in [-0.4, -0.2) is 14.2 Å². The van der Waals surface area contributed by atoms with Gasteiger partial charge >= 0.3 is 0 Å². The molecule has 5 heteroatoms. The van der Waals surface area contributed by atoms with E-state index in [0.717, 1.165) is 10.8 Å². The van der Waals surface area contributed by atoms with Crippen molar-refractivity contribution in [3.8, 4) is 33.8 Å². The van der Waals surface area contributed by atoms with Crippen LogP contribution in [0.25, 0.3) is 33.0 Å². The molecule has 2 nitrogen and oxygen atoms in total. The first-order valence-corrected chi connectivity index (χ1v) is 9.73. The highest BCUT2D eigenvalue weighted by Gasteiger charge is 2.21. The van der Waals surface area contributed by atoms with Gasteiger partial charge in [0.25, 0.3) is 0 Å². The van der Waals surface area contributed by atoms with Crippen LogP contribution in [0.3, 0.4) is 0 Å². The molecule has 0 atom stereocenters. The minimum Gasteiger partial charge on any atom is -0.495 e. The van der Waals surface area contributed by atoms with Crippen LogP contribution in [0.15, 0.2) is 71.2 Å². The average molecular weight is 455 g/mol. The molecule has 0 radical (unpaired) electrons. The number of hydrogen-bond acceptors (Lipinski definition) is 2. The summed E-state index contributed by atoms with van der Waals surface area (Å²) in [6, 6.07) is 18.5. The van der Waals surface area contributed by atoms with Crippen molar-refractivity contribution < 1.29 is 18.3 Å². The lowest BCUT2D eigenvalue weighted by Crippen LogP contribution is -1.97. The van der Waals surface area contributed by atoms with Crippen LogP contribution in [0.1, 0.15) is 0 Å². The van der Waals surface area contributed by atoms with Gasteiger partial charge in [-0.2, -0.15) is 0 Å². The fourth-order valence-electron chi connectivity index (χ4n) is 3.64. The van der Waals surface area contributed by atoms with Crippen molar-refractivity contribution >= 4 is 26.7 Å². The molecule has 0 unspecified atom stereocenters. The molecule has 0 heterocycles. The molecule has 0 fully saturated rings. The van der Waals surface area contributed by atoms with Gasteiger partial charge in [0.15, 0.2) is 0 Å². The summed E-state index contributed by atoms with van der Waals surface area (Å²) in [5.74, 6) is 0.325. The van der Waals surface area contributed by atoms with Crippen molar-refractivity contribution in [3.63, 3.8) is 0 Å². The lowest BCUT2D eigenvalue weighted by atomic mass is 9.93. The molecule has 0 aromatic heterocycles. The van der Waals surface area contributed by atoms with Gasteiger partial charge in [0, 0.05) is 27.6 Å². The molecular formula is C24H17BrF2O2. The van der Waals surface area contributed by atoms with Crippen LogP contribution in [0.2, 0.25) is 0 Å². The van der Waals surface area contributed by atoms with E-state index in [1.807, 2.05) is 12.1 Å². The Labute approximate surface area is 175 Å². The zero-order valence-corrected chi connectivity index (χ0v) is 17.4. The van der Waals surface area contributed by atoms with Gasteiger partial charge < -0.3 is 9.47 Å². The molecule has 146 valence electrons. The molecule has 0 saturated carbocycles. The molecule has 0 aliphatic heterocycles. The zero-order valence-electron chi connectivity index (χ0n) is 15.8. The molecule has 4 rings (SSSR count). The Bertz CT molecular complexity index is 1220. The van der Waals surface area contributed by atoms with E-state index in [0.29, 0.717) is 38.2 Å². The summed E-state index contributed by atoms with van der Waals surface area (Å²) in [5, 5.41) is 1.46. The number of fused-ring (bicyclic) bond motifs is 1. The van der Waals surface area contributed by atoms with Crippen LogP contribution in [0, 0.1) is 11.6 Å². The number of methoxy groups -OCH3 is 2. The number of benzene rings is 4. The molecule has 0 bridgehead atoms. The van der Waals surface area contributed by atoms with Crippen molar-refractivity contribution in [1.82, 2.24) is 0 Å². The van der Waals surface area contributed by atoms with E-state index in [-0.39, 0.29) is 11.6 Å². The van der Waals surface area contributed by atoms with Gasteiger partial charge in [-0.15, -0.1) is 0 Å². The van der Waals surface area contributed by atoms with E-state index in [2.05, 4.69) is 15.9 Å². The maximum atomic E-state index is 14.7. The molecule has 0 amide bonds. The summed E-state index contributed by atoms with van der Waals surface area (Å²) in [4.78, 5) is 0. The van der Waals surface area contributed by atoms with E-state index in [1.165, 1.54) is 12.1 Å². The zero-order chi connectivity index (χ0) is 20.5. The third kappa shape index (κ3) is 3.25. The third-order valence-corrected chi connectivity index (χ3v) is 5.48. The second-order valence-electron chi connectivity index (χ2n) is 6.47. The largest absolute Gasteiger partial charge is 0.495 e. The summed E-state index contributed by atoms with van der Waals surface area (Å²) < 4.78 is 41.1. The van der Waals surface area contributed by atoms with Gasteiger partial charge in [0.05, 0.1) is 18.7 Å². The smallest absolute Gasteiger partial charge is 0.141 e. The van der Waals surface area contributed by atoms with Crippen molar-refractivity contribution in [3.05, 3.63) is 82.8 Å². The van der Waals surface area contributed by atoms with E-state index in [4.69, 9.17) is 9.47 Å². The van der Waals surface area contributed by atoms with E-state index in [9.17, 15) is 8.78 Å². The van der Waals surface area contributed by atoms with Gasteiger partial charge in [-0.05, 0) is 45.6 Å². The Kier molecular flexibility index (Phi) is 5.24. The normalized spacial score (nSPS) is 10.9. The SMILES string of the molecule is COc1c(Br)cc2c(OC)c(-c3ccccc3F)ccc2c1-c1ccccc1F. The molecular weight excluding hydrogens is 438 g/mol. The monoisotopic (exact) mass is 454 g/mol. The maximum Gasteiger partial charge on any atom is 0.141 e. The molecule has 0 aliphatic rings. The predicted molar refractivity (Wildman–Crippen MR) is 116 cm³/mol. The highest BCUT2D eigenvalue weighted by atomic mass is 79.9. The minimum absolute atomic E-state index is 0.341. The first-order valence-electron chi connectivity index (χ1n) is 8.93. The highest BCUT2D eigenvalue weighted by molar-refractivity contribution is 9.10. The number of halogens is 3. The summed E-state index contributed by atoms with van der Waals surface area (Å²) in [6.45, 7) is 0. The third-order valence-electron chi connectivity index (χ3n) is 4.90. The Hall–Kier alpha value is -2.92. The topological polar surface area (TPSA) is 18.5 Å². The molecule has 0 saturated heterocycles. The minimum atomic E-state index is -0.359. The lowest BCUT2D eigenvalue weighted by molar-refractivity contribution is 0.413. The average Bonchev–Trinajstić information content (AvgIpc) is 2.73. The van der Waals surface area contributed by atoms with Gasteiger partial charge in [-0.25, -0.2) is 8.78 Å². The van der Waals surface area contributed by atoms with Crippen LogP contribution in [0.4, 0.5) is 8.78 Å². The van der Waals surface area contributed by atoms with Gasteiger partial charge in [0.1, 0.15) is 23.1 Å². The fraction of sp³-hybridized carbons (Fsp3) is 0.0833. The van der Waals surface area contributed by atoms with Crippen LogP contribution < -0.4 is 9.47 Å². The van der Waals surface area contributed by atoms with E-state index < -0.39 is 0 Å². The fourth-order valence-corrected chi connectivity index (χ4v) is 4.23. The Morgan fingerprint density at radius 2 is 1.24 bits per heavy atom. The first kappa shape index (κ1) is 19.4. The summed E-state index contributed by atoms with van der Waals surface area (Å²) >= 11 is 3.53. The second kappa shape index (κ2) is 7.84. The van der Waals surface area contributed by atoms with Gasteiger partial charge in [0.2, 0.25) is 0 Å². The molecule has 0 N–H and O–H groups in total. The quantitative estimate of drug-likeness (QED) is 0.323. The van der Waals surface area contributed by atoms with Crippen LogP contribution >= 0.6 is 15.9 Å². The van der Waals surface area contributed by atoms with E-state index in [1.54, 1.807) is 56.7 Å². The summed E-state index contributed by atoms with van der Waals surface area (Å²) in [6.07, 6.45) is 0. The standard InChI is InChI=1S/C24H17BrF2O2/c1-28-23-16(14-7-3-5-9-20(14)26)12-11-15-18(23)13-19(25)24(29-2)22(15)17-8-4-6-10-21(17)27/h3-13H,1-2H3. The summed E-state index contributed by atoms with van der Waals surface area (Å²) in [5.41, 5.74) is 2.07. The first-order chi connectivity index (χ1) is 14.1. The molecule has 0 aliphatic carbocycles. The molecule has 4 aromatic rings. The molecule has 0 spiro atoms. The van der Waals surface area contributed by atoms with Crippen molar-refractivity contribution in [2.45, 2.75) is 0 Å². The lowest BCUT2D eigenvalue weighted by Gasteiger charge is -2.19. The van der Waals surface area contributed by atoms with Gasteiger partial charge in [-0.3, -0.25) is 0 Å². The molecule has 29 heavy (non-hydrogen) atoms. The van der Waals surface area contributed by atoms with E-state index >= 15 is 0 Å².